The molecule has 227 valence electrons. The number of hydrogen-bond donors (Lipinski definition) is 0. The first-order valence-electron chi connectivity index (χ1n) is 14.3. The van der Waals surface area contributed by atoms with Crippen LogP contribution in [0.2, 0.25) is 5.52 Å². The van der Waals surface area contributed by atoms with E-state index in [-0.39, 0.29) is 0 Å². The zero-order valence-corrected chi connectivity index (χ0v) is 30.9. The van der Waals surface area contributed by atoms with Crippen LogP contribution in [-0.4, -0.2) is 4.88 Å². The van der Waals surface area contributed by atoms with E-state index >= 15 is 4.79 Å². The SMILES string of the molecule is [CH3][Rh]([Cl])([I])([CH]=O)([PH](c1ccccc1)(c1ccccc1)c1ccccc1)[PH](c1ccccc1)(c1ccccc1)c1ccccc1. The van der Waals surface area contributed by atoms with E-state index in [0.717, 1.165) is 31.8 Å². The van der Waals surface area contributed by atoms with Gasteiger partial charge in [-0.05, 0) is 0 Å². The second-order valence-electron chi connectivity index (χ2n) is 11.0. The van der Waals surface area contributed by atoms with Crippen molar-refractivity contribution in [3.8, 4) is 0 Å². The topological polar surface area (TPSA) is 17.1 Å². The average molecular weight is 836 g/mol. The van der Waals surface area contributed by atoms with Crippen LogP contribution in [0.1, 0.15) is 0 Å². The molecule has 44 heavy (non-hydrogen) atoms. The number of rotatable bonds is 9. The second-order valence-corrected chi connectivity index (χ2v) is 76.9. The quantitative estimate of drug-likeness (QED) is 0.0622. The summed E-state index contributed by atoms with van der Waals surface area (Å²) in [5.74, 6) is 0. The Labute approximate surface area is 274 Å². The standard InChI is InChI=1S/2C18H15P.CHO.CH3.ClH.HI.Rh/c2*1-4-10-16(11-5-1)19(17-12-6-2-7-13-17)18-14-8-3-9-15-18;1-2;;;;/h2*1-15H;1H;1H3;2*1H;. The minimum absolute atomic E-state index is 1.15. The molecular weight excluding hydrogens is 800 g/mol. The van der Waals surface area contributed by atoms with E-state index in [9.17, 15) is 9.69 Å². The molecule has 6 aromatic carbocycles. The van der Waals surface area contributed by atoms with Crippen molar-refractivity contribution in [1.29, 1.82) is 0 Å². The van der Waals surface area contributed by atoms with Crippen molar-refractivity contribution in [3.05, 3.63) is 182 Å². The van der Waals surface area contributed by atoms with Gasteiger partial charge < -0.3 is 0 Å². The molecule has 0 aliphatic carbocycles. The van der Waals surface area contributed by atoms with Gasteiger partial charge >= 0.3 is 277 Å². The van der Waals surface area contributed by atoms with Crippen LogP contribution in [0.25, 0.3) is 0 Å². The van der Waals surface area contributed by atoms with Crippen LogP contribution < -0.4 is 31.8 Å². The molecule has 0 saturated carbocycles. The van der Waals surface area contributed by atoms with E-state index in [1.807, 2.05) is 0 Å². The molecule has 0 aliphatic heterocycles. The Morgan fingerprint density at radius 2 is 0.591 bits per heavy atom. The van der Waals surface area contributed by atoms with Crippen molar-refractivity contribution in [2.45, 2.75) is 5.52 Å². The van der Waals surface area contributed by atoms with Crippen LogP contribution in [0, 0.1) is 0 Å². The molecule has 6 heteroatoms. The molecule has 0 spiro atoms. The fourth-order valence-corrected chi connectivity index (χ4v) is 96.9. The first-order chi connectivity index (χ1) is 21.3. The van der Waals surface area contributed by atoms with Gasteiger partial charge in [0.2, 0.25) is 0 Å². The summed E-state index contributed by atoms with van der Waals surface area (Å²) in [5.41, 5.74) is -4.74. The molecule has 0 aromatic heterocycles. The number of halogens is 2. The summed E-state index contributed by atoms with van der Waals surface area (Å²) >= 11 is 2.65. The summed E-state index contributed by atoms with van der Waals surface area (Å²) in [6, 6.07) is 64.2. The maximum atomic E-state index is 15.2. The van der Waals surface area contributed by atoms with Crippen molar-refractivity contribution in [1.82, 2.24) is 0 Å². The molecule has 0 fully saturated rings. The normalized spacial score (nSPS) is 14.5. The Hall–Kier alpha value is -2.51. The third-order valence-corrected chi connectivity index (χ3v) is 85.5. The van der Waals surface area contributed by atoms with Gasteiger partial charge in [0, 0.05) is 0 Å². The third-order valence-electron chi connectivity index (χ3n) is 8.59. The van der Waals surface area contributed by atoms with Gasteiger partial charge in [0.25, 0.3) is 0 Å². The molecule has 0 saturated heterocycles. The fraction of sp³-hybridized carbons (Fsp3) is 0.0263. The molecule has 6 rings (SSSR count). The van der Waals surface area contributed by atoms with Gasteiger partial charge in [0.05, 0.1) is 0 Å². The number of hydrogen-bond acceptors (Lipinski definition) is 1. The minimum atomic E-state index is -5.69. The van der Waals surface area contributed by atoms with Gasteiger partial charge in [0.1, 0.15) is 0 Å². The molecule has 0 heterocycles. The van der Waals surface area contributed by atoms with Crippen molar-refractivity contribution < 1.29 is 11.8 Å². The molecule has 0 atom stereocenters. The first-order valence-corrected chi connectivity index (χ1v) is 32.5. The Kier molecular flexibility index (Phi) is 8.36. The zero-order valence-electron chi connectivity index (χ0n) is 24.4. The Morgan fingerprint density at radius 1 is 0.432 bits per heavy atom. The molecular formula is C38H36ClIOP2Rh. The molecule has 0 bridgehead atoms. The third kappa shape index (κ3) is 4.31. The van der Waals surface area contributed by atoms with Gasteiger partial charge in [-0.2, -0.15) is 0 Å². The predicted molar refractivity (Wildman–Crippen MR) is 206 cm³/mol. The Morgan fingerprint density at radius 3 is 0.727 bits per heavy atom. The molecule has 0 aliphatic rings. The summed E-state index contributed by atoms with van der Waals surface area (Å²) in [7, 11) is 9.20. The molecule has 0 unspecified atom stereocenters. The maximum absolute atomic E-state index is 15.2. The monoisotopic (exact) mass is 835 g/mol. The van der Waals surface area contributed by atoms with E-state index in [1.165, 1.54) is 4.88 Å². The number of carbonyl (C=O) groups is 1. The first kappa shape index (κ1) is 31.5. The van der Waals surface area contributed by atoms with Gasteiger partial charge in [-0.25, -0.2) is 0 Å². The average Bonchev–Trinajstić information content (AvgIpc) is 3.08. The van der Waals surface area contributed by atoms with Gasteiger partial charge in [-0.15, -0.1) is 0 Å². The molecule has 0 radical (unpaired) electrons. The van der Waals surface area contributed by atoms with Gasteiger partial charge in [-0.3, -0.25) is 0 Å². The summed E-state index contributed by atoms with van der Waals surface area (Å²) in [6.45, 7) is -5.69. The predicted octanol–water partition coefficient (Wildman–Crippen LogP) is 8.24. The zero-order chi connectivity index (χ0) is 30.8. The van der Waals surface area contributed by atoms with E-state index in [2.05, 4.69) is 207 Å². The number of carbonyl (C=O) groups excluding carboxylic acids is 1. The summed E-state index contributed by atoms with van der Waals surface area (Å²) in [4.78, 5) is 16.5. The summed E-state index contributed by atoms with van der Waals surface area (Å²) < 4.78 is 0. The van der Waals surface area contributed by atoms with Crippen molar-refractivity contribution in [3.63, 3.8) is 0 Å². The Bertz CT molecular complexity index is 1560. The second kappa shape index (κ2) is 11.7. The van der Waals surface area contributed by atoms with E-state index in [4.69, 9.17) is 0 Å². The molecule has 0 amide bonds. The van der Waals surface area contributed by atoms with Gasteiger partial charge in [-0.1, -0.05) is 0 Å². The van der Waals surface area contributed by atoms with Crippen LogP contribution in [0.15, 0.2) is 182 Å². The van der Waals surface area contributed by atoms with Crippen LogP contribution in [0.3, 0.4) is 0 Å². The van der Waals surface area contributed by atoms with Crippen LogP contribution in [0.4, 0.5) is 0 Å². The van der Waals surface area contributed by atoms with E-state index < -0.39 is 18.1 Å². The van der Waals surface area contributed by atoms with Crippen LogP contribution >= 0.6 is 40.6 Å². The number of benzene rings is 6. The van der Waals surface area contributed by atoms with E-state index in [0.29, 0.717) is 0 Å². The summed E-state index contributed by atoms with van der Waals surface area (Å²) in [5, 5.41) is 6.87. The van der Waals surface area contributed by atoms with Gasteiger partial charge in [0.15, 0.2) is 0 Å². The van der Waals surface area contributed by atoms with E-state index in [1.54, 1.807) is 0 Å². The fourth-order valence-electron chi connectivity index (χ4n) is 6.90. The summed E-state index contributed by atoms with van der Waals surface area (Å²) in [6.07, 6.45) is 0. The molecule has 1 nitrogen and oxygen atoms in total. The van der Waals surface area contributed by atoms with Crippen molar-refractivity contribution >= 4 is 77.3 Å². The van der Waals surface area contributed by atoms with Crippen LogP contribution in [-0.2, 0) is 11.8 Å². The Balaban J connectivity index is 2.01. The molecule has 6 aromatic rings. The molecule has 0 N–H and O–H groups in total. The van der Waals surface area contributed by atoms with Crippen LogP contribution in [0.5, 0.6) is 0 Å². The van der Waals surface area contributed by atoms with Crippen molar-refractivity contribution in [2.24, 2.45) is 0 Å². The van der Waals surface area contributed by atoms with Crippen molar-refractivity contribution in [2.75, 3.05) is 0 Å².